The summed E-state index contributed by atoms with van der Waals surface area (Å²) in [4.78, 5) is 25.0. The highest BCUT2D eigenvalue weighted by Crippen LogP contribution is 2.20. The third kappa shape index (κ3) is 7.69. The maximum Gasteiger partial charge on any atom is 0.315 e. The van der Waals surface area contributed by atoms with Crippen LogP contribution in [0.2, 0.25) is 0 Å². The van der Waals surface area contributed by atoms with E-state index in [4.69, 9.17) is 0 Å². The Hall–Kier alpha value is -2.07. The summed E-state index contributed by atoms with van der Waals surface area (Å²) >= 11 is 1.30. The molecule has 1 aliphatic heterocycles. The Morgan fingerprint density at radius 1 is 1.28 bits per heavy atom. The van der Waals surface area contributed by atoms with Gasteiger partial charge in [0.1, 0.15) is 5.84 Å². The maximum atomic E-state index is 12.7. The van der Waals surface area contributed by atoms with E-state index in [2.05, 4.69) is 14.5 Å². The second kappa shape index (κ2) is 11.2. The molecule has 0 spiro atoms. The van der Waals surface area contributed by atoms with Gasteiger partial charge in [-0.3, -0.25) is 9.59 Å². The second-order valence-corrected chi connectivity index (χ2v) is 9.38. The molecule has 1 amide bonds. The van der Waals surface area contributed by atoms with Crippen LogP contribution in [0.15, 0.2) is 33.6 Å². The number of nitrogens with zero attached hydrogens (tertiary/aromatic N) is 2. The van der Waals surface area contributed by atoms with E-state index in [0.29, 0.717) is 23.7 Å². The Balaban J connectivity index is 2.00. The van der Waals surface area contributed by atoms with Crippen LogP contribution in [0.1, 0.15) is 32.1 Å². The first-order valence-corrected chi connectivity index (χ1v) is 12.0. The minimum absolute atomic E-state index is 0.0421. The third-order valence-electron chi connectivity index (χ3n) is 4.40. The van der Waals surface area contributed by atoms with Crippen LogP contribution in [0.25, 0.3) is 0 Å². The third-order valence-corrected chi connectivity index (χ3v) is 6.63. The van der Waals surface area contributed by atoms with Crippen LogP contribution in [-0.4, -0.2) is 63.2 Å². The zero-order valence-corrected chi connectivity index (χ0v) is 18.4. The lowest BCUT2D eigenvalue weighted by molar-refractivity contribution is -0.137. The fraction of sp³-hybridized carbons (Fsp3) is 0.526. The molecular formula is C19H27N3O5S2. The van der Waals surface area contributed by atoms with Crippen molar-refractivity contribution in [3.63, 3.8) is 0 Å². The van der Waals surface area contributed by atoms with E-state index in [9.17, 15) is 18.0 Å². The lowest BCUT2D eigenvalue weighted by Crippen LogP contribution is -2.26. The molecule has 0 radical (unpaired) electrons. The van der Waals surface area contributed by atoms with Crippen LogP contribution in [0.5, 0.6) is 0 Å². The average molecular weight is 442 g/mol. The van der Waals surface area contributed by atoms with Crippen LogP contribution in [0, 0.1) is 0 Å². The lowest BCUT2D eigenvalue weighted by atomic mass is 10.2. The first kappa shape index (κ1) is 23.2. The number of sulfonamides is 1. The summed E-state index contributed by atoms with van der Waals surface area (Å²) in [6.07, 6.45) is 3.84. The number of carbonyl (C=O) groups is 2. The van der Waals surface area contributed by atoms with Crippen molar-refractivity contribution in [3.05, 3.63) is 24.3 Å². The number of benzene rings is 1. The normalized spacial score (nSPS) is 16.3. The van der Waals surface area contributed by atoms with E-state index in [1.807, 2.05) is 11.9 Å². The topological polar surface area (TPSA) is 105 Å². The van der Waals surface area contributed by atoms with Crippen LogP contribution >= 0.6 is 11.8 Å². The van der Waals surface area contributed by atoms with Crippen molar-refractivity contribution in [2.24, 2.45) is 4.40 Å². The van der Waals surface area contributed by atoms with Gasteiger partial charge in [0.15, 0.2) is 0 Å². The molecule has 1 fully saturated rings. The number of carbonyl (C=O) groups excluding carboxylic acids is 2. The Kier molecular flexibility index (Phi) is 8.97. The molecule has 8 nitrogen and oxygen atoms in total. The number of methoxy groups -OCH3 is 1. The molecule has 0 atom stereocenters. The number of hydrogen-bond donors (Lipinski definition) is 1. The number of esters is 1. The molecule has 29 heavy (non-hydrogen) atoms. The van der Waals surface area contributed by atoms with Crippen molar-refractivity contribution < 1.29 is 22.7 Å². The van der Waals surface area contributed by atoms with Gasteiger partial charge in [-0.05, 0) is 31.0 Å². The molecule has 10 heteroatoms. The molecule has 1 saturated heterocycles. The summed E-state index contributed by atoms with van der Waals surface area (Å²) in [5.74, 6) is 0.617. The van der Waals surface area contributed by atoms with Gasteiger partial charge in [-0.1, -0.05) is 12.5 Å². The Morgan fingerprint density at radius 3 is 2.83 bits per heavy atom. The Labute approximate surface area is 176 Å². The van der Waals surface area contributed by atoms with Gasteiger partial charge in [-0.25, -0.2) is 0 Å². The molecular weight excluding hydrogens is 414 g/mol. The van der Waals surface area contributed by atoms with Crippen molar-refractivity contribution >= 4 is 45.2 Å². The minimum atomic E-state index is -3.86. The van der Waals surface area contributed by atoms with Crippen molar-refractivity contribution in [1.82, 2.24) is 4.90 Å². The van der Waals surface area contributed by atoms with Gasteiger partial charge in [0, 0.05) is 37.9 Å². The predicted octanol–water partition coefficient (Wildman–Crippen LogP) is 2.51. The van der Waals surface area contributed by atoms with Crippen LogP contribution in [0.3, 0.4) is 0 Å². The number of thioether (sulfide) groups is 1. The highest BCUT2D eigenvalue weighted by Gasteiger charge is 2.19. The molecule has 0 unspecified atom stereocenters. The van der Waals surface area contributed by atoms with Crippen LogP contribution < -0.4 is 5.32 Å². The number of ether oxygens (including phenoxy) is 1. The molecule has 160 valence electrons. The summed E-state index contributed by atoms with van der Waals surface area (Å²) in [7, 11) is -0.691. The molecule has 0 bridgehead atoms. The number of likely N-dealkylation sites (tertiary alicyclic amines) is 1. The summed E-state index contributed by atoms with van der Waals surface area (Å²) in [5.41, 5.74) is 0.392. The monoisotopic (exact) mass is 441 g/mol. The molecule has 1 aromatic rings. The van der Waals surface area contributed by atoms with Gasteiger partial charge in [0.05, 0.1) is 17.8 Å². The van der Waals surface area contributed by atoms with E-state index in [-0.39, 0.29) is 28.9 Å². The molecule has 0 aliphatic carbocycles. The summed E-state index contributed by atoms with van der Waals surface area (Å²) in [6.45, 7) is 0.790. The number of amidine groups is 1. The van der Waals surface area contributed by atoms with Crippen molar-refractivity contribution in [2.75, 3.05) is 37.5 Å². The van der Waals surface area contributed by atoms with E-state index >= 15 is 0 Å². The van der Waals surface area contributed by atoms with Gasteiger partial charge < -0.3 is 15.0 Å². The fourth-order valence-electron chi connectivity index (χ4n) is 2.77. The summed E-state index contributed by atoms with van der Waals surface area (Å²) < 4.78 is 34.0. The standard InChI is InChI=1S/C19H27N3O5S2/c1-22-11-5-3-4-9-17(22)21-29(25,26)16-8-6-7-15(13-16)20-18(23)10-12-28-14-19(24)27-2/h6-8,13H,3-5,9-12,14H2,1-2H3,(H,20,23)/b21-17-. The van der Waals surface area contributed by atoms with Crippen LogP contribution in [0.4, 0.5) is 5.69 Å². The zero-order chi connectivity index (χ0) is 21.3. The quantitative estimate of drug-likeness (QED) is 0.488. The number of anilines is 1. The Morgan fingerprint density at radius 2 is 2.07 bits per heavy atom. The van der Waals surface area contributed by atoms with Gasteiger partial charge in [0.25, 0.3) is 10.0 Å². The zero-order valence-electron chi connectivity index (χ0n) is 16.7. The number of nitrogens with one attached hydrogen (secondary N) is 1. The van der Waals surface area contributed by atoms with E-state index in [1.54, 1.807) is 12.1 Å². The average Bonchev–Trinajstić information content (AvgIpc) is 2.89. The SMILES string of the molecule is COC(=O)CSCCC(=O)Nc1cccc(S(=O)(=O)/N=C2/CCCCCN2C)c1. The number of rotatable bonds is 8. The maximum absolute atomic E-state index is 12.7. The van der Waals surface area contributed by atoms with E-state index < -0.39 is 10.0 Å². The van der Waals surface area contributed by atoms with Crippen LogP contribution in [-0.2, 0) is 24.3 Å². The number of hydrogen-bond acceptors (Lipinski definition) is 6. The van der Waals surface area contributed by atoms with Gasteiger partial charge >= 0.3 is 5.97 Å². The predicted molar refractivity (Wildman–Crippen MR) is 115 cm³/mol. The number of amides is 1. The summed E-state index contributed by atoms with van der Waals surface area (Å²) in [6, 6.07) is 6.09. The van der Waals surface area contributed by atoms with E-state index in [0.717, 1.165) is 25.8 Å². The molecule has 1 N–H and O–H groups in total. The molecule has 1 aliphatic rings. The smallest absolute Gasteiger partial charge is 0.315 e. The molecule has 0 saturated carbocycles. The first-order valence-electron chi connectivity index (χ1n) is 9.41. The largest absolute Gasteiger partial charge is 0.468 e. The van der Waals surface area contributed by atoms with Gasteiger partial charge in [-0.2, -0.15) is 8.42 Å². The molecule has 0 aromatic heterocycles. The first-order chi connectivity index (χ1) is 13.8. The fourth-order valence-corrected chi connectivity index (χ4v) is 4.67. The van der Waals surface area contributed by atoms with Gasteiger partial charge in [-0.15, -0.1) is 16.2 Å². The highest BCUT2D eigenvalue weighted by molar-refractivity contribution is 7.99. The molecule has 1 heterocycles. The van der Waals surface area contributed by atoms with Crippen molar-refractivity contribution in [2.45, 2.75) is 37.0 Å². The van der Waals surface area contributed by atoms with Crippen molar-refractivity contribution in [1.29, 1.82) is 0 Å². The second-order valence-electron chi connectivity index (χ2n) is 6.67. The van der Waals surface area contributed by atoms with Crippen molar-refractivity contribution in [3.8, 4) is 0 Å². The Bertz CT molecular complexity index is 855. The highest BCUT2D eigenvalue weighted by atomic mass is 32.2. The lowest BCUT2D eigenvalue weighted by Gasteiger charge is -2.17. The van der Waals surface area contributed by atoms with E-state index in [1.165, 1.54) is 31.0 Å². The molecule has 2 rings (SSSR count). The molecule has 1 aromatic carbocycles. The van der Waals surface area contributed by atoms with Gasteiger partial charge in [0.2, 0.25) is 5.91 Å². The minimum Gasteiger partial charge on any atom is -0.468 e. The summed E-state index contributed by atoms with van der Waals surface area (Å²) in [5, 5.41) is 2.69.